The first-order valence-corrected chi connectivity index (χ1v) is 11.1. The lowest BCUT2D eigenvalue weighted by Gasteiger charge is -2.10. The third-order valence-electron chi connectivity index (χ3n) is 5.06. The van der Waals surface area contributed by atoms with Crippen LogP contribution in [-0.4, -0.2) is 10.9 Å². The minimum Gasteiger partial charge on any atom is -0.489 e. The molecule has 0 aliphatic carbocycles. The van der Waals surface area contributed by atoms with E-state index in [0.717, 1.165) is 37.8 Å². The van der Waals surface area contributed by atoms with Gasteiger partial charge in [-0.3, -0.25) is 4.79 Å². The lowest BCUT2D eigenvalue weighted by molar-refractivity contribution is 0.102. The third kappa shape index (κ3) is 4.38. The van der Waals surface area contributed by atoms with Gasteiger partial charge in [0.1, 0.15) is 17.4 Å². The molecule has 0 bridgehead atoms. The smallest absolute Gasteiger partial charge is 0.255 e. The van der Waals surface area contributed by atoms with Crippen molar-refractivity contribution in [2.24, 2.45) is 0 Å². The zero-order chi connectivity index (χ0) is 21.8. The van der Waals surface area contributed by atoms with Crippen molar-refractivity contribution in [1.29, 1.82) is 0 Å². The Kier molecular flexibility index (Phi) is 5.64. The first kappa shape index (κ1) is 20.0. The number of benzene rings is 4. The number of aromatic nitrogens is 1. The highest BCUT2D eigenvalue weighted by atomic mass is 32.1. The molecule has 1 aromatic heterocycles. The van der Waals surface area contributed by atoms with Crippen LogP contribution in [0.3, 0.4) is 0 Å². The molecular weight excluding hydrogens is 416 g/mol. The number of fused-ring (bicyclic) bond motifs is 1. The topological polar surface area (TPSA) is 51.2 Å². The zero-order valence-electron chi connectivity index (χ0n) is 17.2. The van der Waals surface area contributed by atoms with Crippen LogP contribution in [0.15, 0.2) is 103 Å². The Bertz CT molecular complexity index is 1330. The van der Waals surface area contributed by atoms with Crippen molar-refractivity contribution in [3.8, 4) is 16.3 Å². The van der Waals surface area contributed by atoms with Gasteiger partial charge in [-0.05, 0) is 54.1 Å². The second kappa shape index (κ2) is 9.04. The maximum absolute atomic E-state index is 12.9. The van der Waals surface area contributed by atoms with Crippen LogP contribution in [0.25, 0.3) is 20.8 Å². The Morgan fingerprint density at radius 3 is 2.34 bits per heavy atom. The van der Waals surface area contributed by atoms with E-state index in [2.05, 4.69) is 11.4 Å². The fourth-order valence-electron chi connectivity index (χ4n) is 3.40. The average molecular weight is 437 g/mol. The molecule has 4 aromatic carbocycles. The third-order valence-corrected chi connectivity index (χ3v) is 6.13. The number of anilines is 1. The van der Waals surface area contributed by atoms with Gasteiger partial charge in [-0.25, -0.2) is 4.98 Å². The van der Waals surface area contributed by atoms with Crippen molar-refractivity contribution in [3.63, 3.8) is 0 Å². The summed E-state index contributed by atoms with van der Waals surface area (Å²) in [7, 11) is 0. The van der Waals surface area contributed by atoms with Gasteiger partial charge in [0.2, 0.25) is 0 Å². The largest absolute Gasteiger partial charge is 0.489 e. The molecule has 32 heavy (non-hydrogen) atoms. The minimum absolute atomic E-state index is 0.173. The Labute approximate surface area is 190 Å². The van der Waals surface area contributed by atoms with E-state index in [1.165, 1.54) is 0 Å². The maximum Gasteiger partial charge on any atom is 0.255 e. The summed E-state index contributed by atoms with van der Waals surface area (Å²) in [4.78, 5) is 17.6. The monoisotopic (exact) mass is 436 g/mol. The van der Waals surface area contributed by atoms with Crippen LogP contribution in [0.1, 0.15) is 15.9 Å². The fraction of sp³-hybridized carbons (Fsp3) is 0.0370. The number of carbonyl (C=O) groups excluding carboxylic acids is 1. The maximum atomic E-state index is 12.9. The van der Waals surface area contributed by atoms with Crippen LogP contribution < -0.4 is 10.1 Å². The Morgan fingerprint density at radius 2 is 1.53 bits per heavy atom. The van der Waals surface area contributed by atoms with Gasteiger partial charge in [-0.15, -0.1) is 11.3 Å². The van der Waals surface area contributed by atoms with E-state index >= 15 is 0 Å². The highest BCUT2D eigenvalue weighted by molar-refractivity contribution is 7.21. The lowest BCUT2D eigenvalue weighted by atomic mass is 10.1. The van der Waals surface area contributed by atoms with Gasteiger partial charge in [0.05, 0.1) is 15.9 Å². The molecule has 156 valence electrons. The molecule has 5 aromatic rings. The van der Waals surface area contributed by atoms with Crippen LogP contribution >= 0.6 is 11.3 Å². The summed E-state index contributed by atoms with van der Waals surface area (Å²) >= 11 is 1.61. The van der Waals surface area contributed by atoms with Crippen molar-refractivity contribution in [2.45, 2.75) is 6.61 Å². The summed E-state index contributed by atoms with van der Waals surface area (Å²) in [6, 6.07) is 32.9. The van der Waals surface area contributed by atoms with Crippen LogP contribution in [0, 0.1) is 0 Å². The number of thiazole rings is 1. The van der Waals surface area contributed by atoms with Gasteiger partial charge >= 0.3 is 0 Å². The summed E-state index contributed by atoms with van der Waals surface area (Å²) in [6.07, 6.45) is 0. The molecule has 5 heteroatoms. The summed E-state index contributed by atoms with van der Waals surface area (Å²) in [5.41, 5.74) is 4.27. The summed E-state index contributed by atoms with van der Waals surface area (Å²) in [5.74, 6) is 0.549. The van der Waals surface area contributed by atoms with E-state index in [1.54, 1.807) is 23.5 Å². The number of hydrogen-bond donors (Lipinski definition) is 1. The Balaban J connectivity index is 1.31. The molecule has 0 unspecified atom stereocenters. The number of hydrogen-bond acceptors (Lipinski definition) is 4. The Hall–Kier alpha value is -3.96. The van der Waals surface area contributed by atoms with Gasteiger partial charge in [-0.2, -0.15) is 0 Å². The van der Waals surface area contributed by atoms with Crippen LogP contribution in [0.5, 0.6) is 5.75 Å². The van der Waals surface area contributed by atoms with Crippen molar-refractivity contribution in [1.82, 2.24) is 4.98 Å². The quantitative estimate of drug-likeness (QED) is 0.319. The van der Waals surface area contributed by atoms with Crippen molar-refractivity contribution >= 4 is 33.1 Å². The molecule has 4 nitrogen and oxygen atoms in total. The van der Waals surface area contributed by atoms with Crippen LogP contribution in [0.4, 0.5) is 5.69 Å². The molecule has 1 amide bonds. The normalized spacial score (nSPS) is 10.8. The van der Waals surface area contributed by atoms with Crippen LogP contribution in [-0.2, 0) is 6.61 Å². The SMILES string of the molecule is O=C(Nc1ccccc1-c1nc2ccccc2s1)c1ccc(OCc2ccccc2)cc1. The molecule has 1 N–H and O–H groups in total. The number of carbonyl (C=O) groups is 1. The van der Waals surface area contributed by atoms with E-state index in [1.807, 2.05) is 84.9 Å². The highest BCUT2D eigenvalue weighted by Crippen LogP contribution is 2.34. The molecule has 0 aliphatic rings. The predicted octanol–water partition coefficient (Wildman–Crippen LogP) is 6.79. The van der Waals surface area contributed by atoms with Gasteiger partial charge < -0.3 is 10.1 Å². The number of rotatable bonds is 6. The van der Waals surface area contributed by atoms with Gasteiger partial charge in [0.25, 0.3) is 5.91 Å². The second-order valence-corrected chi connectivity index (χ2v) is 8.32. The second-order valence-electron chi connectivity index (χ2n) is 7.29. The fourth-order valence-corrected chi connectivity index (χ4v) is 4.41. The minimum atomic E-state index is -0.173. The highest BCUT2D eigenvalue weighted by Gasteiger charge is 2.13. The van der Waals surface area contributed by atoms with Gasteiger partial charge in [0, 0.05) is 11.1 Å². The van der Waals surface area contributed by atoms with Gasteiger partial charge in [0.15, 0.2) is 0 Å². The predicted molar refractivity (Wildman–Crippen MR) is 130 cm³/mol. The standard InChI is InChI=1S/C27H20N2O2S/c30-26(20-14-16-21(17-15-20)31-18-19-8-2-1-3-9-19)28-23-11-5-4-10-22(23)27-29-24-12-6-7-13-25(24)32-27/h1-17H,18H2,(H,28,30). The molecule has 0 spiro atoms. The first-order chi connectivity index (χ1) is 15.8. The summed E-state index contributed by atoms with van der Waals surface area (Å²) < 4.78 is 6.93. The van der Waals surface area contributed by atoms with Crippen LogP contribution in [0.2, 0.25) is 0 Å². The molecular formula is C27H20N2O2S. The van der Waals surface area contributed by atoms with E-state index in [9.17, 15) is 4.79 Å². The summed E-state index contributed by atoms with van der Waals surface area (Å²) in [6.45, 7) is 0.488. The molecule has 0 saturated heterocycles. The van der Waals surface area contributed by atoms with Gasteiger partial charge in [-0.1, -0.05) is 54.6 Å². The van der Waals surface area contributed by atoms with E-state index < -0.39 is 0 Å². The molecule has 0 aliphatic heterocycles. The van der Waals surface area contributed by atoms with Crippen molar-refractivity contribution < 1.29 is 9.53 Å². The van der Waals surface area contributed by atoms with E-state index in [4.69, 9.17) is 9.72 Å². The number of para-hydroxylation sites is 2. The van der Waals surface area contributed by atoms with E-state index in [-0.39, 0.29) is 5.91 Å². The molecule has 0 saturated carbocycles. The molecule has 5 rings (SSSR count). The first-order valence-electron chi connectivity index (χ1n) is 10.3. The van der Waals surface area contributed by atoms with Crippen molar-refractivity contribution in [3.05, 3.63) is 114 Å². The molecule has 0 atom stereocenters. The number of ether oxygens (including phenoxy) is 1. The molecule has 1 heterocycles. The number of nitrogens with zero attached hydrogens (tertiary/aromatic N) is 1. The molecule has 0 radical (unpaired) electrons. The zero-order valence-corrected chi connectivity index (χ0v) is 18.0. The van der Waals surface area contributed by atoms with E-state index in [0.29, 0.717) is 12.2 Å². The Morgan fingerprint density at radius 1 is 0.812 bits per heavy atom. The lowest BCUT2D eigenvalue weighted by Crippen LogP contribution is -2.12. The number of amides is 1. The molecule has 0 fully saturated rings. The number of nitrogens with one attached hydrogen (secondary N) is 1. The average Bonchev–Trinajstić information content (AvgIpc) is 3.28. The summed E-state index contributed by atoms with van der Waals surface area (Å²) in [5, 5.41) is 3.92. The van der Waals surface area contributed by atoms with Crippen molar-refractivity contribution in [2.75, 3.05) is 5.32 Å².